The lowest BCUT2D eigenvalue weighted by atomic mass is 9.85. The number of methoxy groups -OCH3 is 1. The number of ether oxygens (including phenoxy) is 1. The molecule has 0 aromatic carbocycles. The van der Waals surface area contributed by atoms with E-state index in [4.69, 9.17) is 22.3 Å². The largest absolute Gasteiger partial charge is 0.384 e. The quantitative estimate of drug-likeness (QED) is 0.0932. The smallest absolute Gasteiger partial charge is 0.348 e. The molecule has 2 saturated carbocycles. The summed E-state index contributed by atoms with van der Waals surface area (Å²) in [4.78, 5) is 71.9. The van der Waals surface area contributed by atoms with Crippen LogP contribution in [0.2, 0.25) is 0 Å². The number of ketones is 1. The molecule has 48 heavy (non-hydrogen) atoms. The molecule has 2 aliphatic rings. The van der Waals surface area contributed by atoms with E-state index in [0.29, 0.717) is 44.6 Å². The number of nitrogens with one attached hydrogen (secondary N) is 1. The third-order valence-corrected chi connectivity index (χ3v) is 9.80. The molecule has 0 spiro atoms. The molecule has 4 amide bonds. The van der Waals surface area contributed by atoms with Crippen molar-refractivity contribution in [3.05, 3.63) is 0 Å². The van der Waals surface area contributed by atoms with Crippen LogP contribution in [0.5, 0.6) is 0 Å². The minimum Gasteiger partial charge on any atom is -0.384 e. The Bertz CT molecular complexity index is 1070. The fourth-order valence-corrected chi connectivity index (χ4v) is 6.50. The first-order chi connectivity index (χ1) is 22.6. The maximum atomic E-state index is 13.7. The zero-order valence-corrected chi connectivity index (χ0v) is 30.1. The summed E-state index contributed by atoms with van der Waals surface area (Å²) in [6.07, 6.45) is 7.43. The Labute approximate surface area is 286 Å². The van der Waals surface area contributed by atoms with E-state index in [9.17, 15) is 24.0 Å². The molecule has 2 rings (SSSR count). The van der Waals surface area contributed by atoms with Crippen molar-refractivity contribution in [2.24, 2.45) is 29.4 Å². The second-order valence-electron chi connectivity index (χ2n) is 14.4. The van der Waals surface area contributed by atoms with Gasteiger partial charge in [0.25, 0.3) is 0 Å². The summed E-state index contributed by atoms with van der Waals surface area (Å²) in [6.45, 7) is 9.82. The van der Waals surface area contributed by atoms with Crippen LogP contribution in [0.4, 0.5) is 4.79 Å². The van der Waals surface area contributed by atoms with E-state index in [0.717, 1.165) is 25.7 Å². The van der Waals surface area contributed by atoms with E-state index in [-0.39, 0.29) is 80.8 Å². The van der Waals surface area contributed by atoms with Crippen LogP contribution in [-0.4, -0.2) is 113 Å². The van der Waals surface area contributed by atoms with Crippen molar-refractivity contribution in [1.82, 2.24) is 25.1 Å². The highest BCUT2D eigenvalue weighted by Gasteiger charge is 2.37. The minimum absolute atomic E-state index is 0.0108. The third-order valence-electron chi connectivity index (χ3n) is 9.80. The summed E-state index contributed by atoms with van der Waals surface area (Å²) in [5.41, 5.74) is -0.948. The van der Waals surface area contributed by atoms with Crippen LogP contribution in [0.15, 0.2) is 0 Å². The van der Waals surface area contributed by atoms with Gasteiger partial charge in [0.1, 0.15) is 0 Å². The number of hydrazine groups is 2. The number of hydrogen-bond donors (Lipinski definition) is 4. The lowest BCUT2D eigenvalue weighted by Gasteiger charge is -2.41. The SMILES string of the molecule is COCCC(=O)N(CCC(=O)ON)CC(=O)N(CCC(C)C)CC(=O)C(C)(C)NC1CCC(N(N)C(=O)N(N)C2CCCCC2C)CC1. The normalized spacial score (nSPS) is 21.4. The molecule has 7 N–H and O–H groups in total. The Balaban J connectivity index is 2.01. The number of Topliss-reactive ketones (excluding diaryl/α,β-unsaturated/α-hetero) is 1. The van der Waals surface area contributed by atoms with Gasteiger partial charge in [-0.3, -0.25) is 29.2 Å². The summed E-state index contributed by atoms with van der Waals surface area (Å²) in [5, 5.41) is 6.10. The van der Waals surface area contributed by atoms with Gasteiger partial charge in [0.2, 0.25) is 11.8 Å². The maximum Gasteiger partial charge on any atom is 0.348 e. The molecule has 2 fully saturated rings. The van der Waals surface area contributed by atoms with Crippen LogP contribution < -0.4 is 22.9 Å². The summed E-state index contributed by atoms with van der Waals surface area (Å²) in [5.74, 6) is 16.5. The molecule has 0 bridgehead atoms. The zero-order valence-electron chi connectivity index (χ0n) is 30.1. The van der Waals surface area contributed by atoms with Crippen molar-refractivity contribution >= 4 is 29.6 Å². The summed E-state index contributed by atoms with van der Waals surface area (Å²) in [6, 6.07) is -0.495. The van der Waals surface area contributed by atoms with Crippen LogP contribution >= 0.6 is 0 Å². The molecule has 276 valence electrons. The highest BCUT2D eigenvalue weighted by Crippen LogP contribution is 2.29. The van der Waals surface area contributed by atoms with Gasteiger partial charge >= 0.3 is 12.0 Å². The number of carbonyl (C=O) groups is 5. The van der Waals surface area contributed by atoms with Gasteiger partial charge in [-0.2, -0.15) is 5.90 Å². The topological polar surface area (TPSA) is 207 Å². The Kier molecular flexibility index (Phi) is 17.2. The molecule has 15 heteroatoms. The van der Waals surface area contributed by atoms with Gasteiger partial charge in [-0.15, -0.1) is 0 Å². The highest BCUT2D eigenvalue weighted by atomic mass is 16.7. The fourth-order valence-electron chi connectivity index (χ4n) is 6.50. The second-order valence-corrected chi connectivity index (χ2v) is 14.4. The highest BCUT2D eigenvalue weighted by molar-refractivity contribution is 5.93. The molecule has 2 unspecified atom stereocenters. The molecular formula is C33H62N8O7. The van der Waals surface area contributed by atoms with Gasteiger partial charge in [-0.05, 0) is 70.6 Å². The molecule has 2 atom stereocenters. The number of hydrogen-bond acceptors (Lipinski definition) is 11. The van der Waals surface area contributed by atoms with Gasteiger partial charge in [0.15, 0.2) is 5.78 Å². The Morgan fingerprint density at radius 2 is 1.48 bits per heavy atom. The van der Waals surface area contributed by atoms with Gasteiger partial charge in [-0.25, -0.2) is 16.5 Å². The van der Waals surface area contributed by atoms with Crippen molar-refractivity contribution in [3.8, 4) is 0 Å². The van der Waals surface area contributed by atoms with Crippen LogP contribution in [0.3, 0.4) is 0 Å². The molecule has 2 aliphatic carbocycles. The first-order valence-corrected chi connectivity index (χ1v) is 17.5. The summed E-state index contributed by atoms with van der Waals surface area (Å²) in [7, 11) is 1.47. The molecule has 0 aromatic heterocycles. The second kappa shape index (κ2) is 20.0. The third kappa shape index (κ3) is 12.9. The standard InChI is InChI=1S/C33H62N8O7/c1-23(2)15-18-38(30(44)22-39(19-16-31(45)48-36)29(43)17-20-47-6)21-28(42)33(4,5)37-25-11-13-26(14-12-25)40(34)32(46)41(35)27-10-8-7-9-24(27)3/h23-27,37H,7-22,34-36H2,1-6H3. The van der Waals surface area contributed by atoms with Gasteiger partial charge < -0.3 is 24.7 Å². The lowest BCUT2D eigenvalue weighted by molar-refractivity contribution is -0.147. The van der Waals surface area contributed by atoms with E-state index in [1.165, 1.54) is 26.9 Å². The van der Waals surface area contributed by atoms with Crippen LogP contribution in [0.25, 0.3) is 0 Å². The minimum atomic E-state index is -0.948. The predicted molar refractivity (Wildman–Crippen MR) is 181 cm³/mol. The molecule has 15 nitrogen and oxygen atoms in total. The monoisotopic (exact) mass is 682 g/mol. The van der Waals surface area contributed by atoms with Crippen molar-refractivity contribution in [2.75, 3.05) is 39.9 Å². The molecule has 0 saturated heterocycles. The number of amides is 4. The van der Waals surface area contributed by atoms with Gasteiger partial charge in [-0.1, -0.05) is 33.6 Å². The molecular weight excluding hydrogens is 620 g/mol. The van der Waals surface area contributed by atoms with Crippen LogP contribution in [0, 0.1) is 11.8 Å². The summed E-state index contributed by atoms with van der Waals surface area (Å²) >= 11 is 0. The van der Waals surface area contributed by atoms with Crippen LogP contribution in [-0.2, 0) is 28.8 Å². The summed E-state index contributed by atoms with van der Waals surface area (Å²) < 4.78 is 5.01. The first-order valence-electron chi connectivity index (χ1n) is 17.5. The number of rotatable bonds is 18. The fraction of sp³-hybridized carbons (Fsp3) is 0.848. The average molecular weight is 683 g/mol. The predicted octanol–water partition coefficient (Wildman–Crippen LogP) is 1.83. The number of urea groups is 1. The van der Waals surface area contributed by atoms with E-state index < -0.39 is 17.4 Å². The number of nitrogens with zero attached hydrogens (tertiary/aromatic N) is 4. The van der Waals surface area contributed by atoms with Crippen molar-refractivity contribution in [2.45, 2.75) is 129 Å². The number of carbonyl (C=O) groups excluding carboxylic acids is 5. The van der Waals surface area contributed by atoms with Crippen molar-refractivity contribution in [1.29, 1.82) is 0 Å². The van der Waals surface area contributed by atoms with E-state index in [2.05, 4.69) is 17.1 Å². The molecule has 0 aromatic rings. The van der Waals surface area contributed by atoms with Gasteiger partial charge in [0, 0.05) is 26.2 Å². The van der Waals surface area contributed by atoms with Crippen molar-refractivity contribution < 1.29 is 33.5 Å². The van der Waals surface area contributed by atoms with Crippen molar-refractivity contribution in [3.63, 3.8) is 0 Å². The molecule has 0 heterocycles. The van der Waals surface area contributed by atoms with E-state index in [1.54, 1.807) is 0 Å². The average Bonchev–Trinajstić information content (AvgIpc) is 3.06. The Morgan fingerprint density at radius 1 is 0.854 bits per heavy atom. The lowest BCUT2D eigenvalue weighted by Crippen LogP contribution is -2.60. The molecule has 0 aliphatic heterocycles. The first kappa shape index (κ1) is 41.3. The Hall–Kier alpha value is -2.85. The van der Waals surface area contributed by atoms with Crippen LogP contribution in [0.1, 0.15) is 105 Å². The zero-order chi connectivity index (χ0) is 36.0. The maximum absolute atomic E-state index is 13.7. The number of nitrogens with two attached hydrogens (primary N) is 3. The van der Waals surface area contributed by atoms with E-state index >= 15 is 0 Å². The van der Waals surface area contributed by atoms with E-state index in [1.807, 2.05) is 27.7 Å². The molecule has 0 radical (unpaired) electrons. The Morgan fingerprint density at radius 3 is 2.06 bits per heavy atom. The van der Waals surface area contributed by atoms with Gasteiger partial charge in [0.05, 0.1) is 50.2 Å².